The van der Waals surface area contributed by atoms with Crippen LogP contribution < -0.4 is 10.6 Å². The van der Waals surface area contributed by atoms with Gasteiger partial charge >= 0.3 is 6.03 Å². The van der Waals surface area contributed by atoms with E-state index in [9.17, 15) is 13.2 Å². The summed E-state index contributed by atoms with van der Waals surface area (Å²) in [4.78, 5) is 15.7. The normalized spacial score (nSPS) is 25.1. The lowest BCUT2D eigenvalue weighted by molar-refractivity contribution is 0.173. The number of urea groups is 1. The molecule has 0 saturated carbocycles. The van der Waals surface area contributed by atoms with Gasteiger partial charge in [0.05, 0.1) is 16.2 Å². The molecule has 6 nitrogen and oxygen atoms in total. The number of rotatable bonds is 5. The summed E-state index contributed by atoms with van der Waals surface area (Å²) in [5, 5.41) is 6.26. The first-order valence-electron chi connectivity index (χ1n) is 12.4. The Labute approximate surface area is 206 Å². The van der Waals surface area contributed by atoms with E-state index >= 15 is 0 Å². The Morgan fingerprint density at radius 3 is 2.29 bits per heavy atom. The first-order chi connectivity index (χ1) is 15.7. The molecule has 3 saturated heterocycles. The van der Waals surface area contributed by atoms with Crippen LogP contribution in [0, 0.1) is 23.2 Å². The molecule has 34 heavy (non-hydrogen) atoms. The minimum Gasteiger partial charge on any atom is -0.333 e. The highest BCUT2D eigenvalue weighted by atomic mass is 32.2. The summed E-state index contributed by atoms with van der Waals surface area (Å²) in [6, 6.07) is 6.50. The standard InChI is InChI=1S/C27H41N3O3S/c1-25(2,3)16-20-34(32,33)23-9-7-21(8-10-23)11-14-26(4,5)28-24(31)29-27(6)15-19-30-17-12-22(27)13-18-30/h7-10,22H,12-13,15-20H2,1-6H3,(H2,28,29,31). The Hall–Kier alpha value is -2.04. The van der Waals surface area contributed by atoms with Crippen LogP contribution in [0.5, 0.6) is 0 Å². The zero-order chi connectivity index (χ0) is 25.2. The Morgan fingerprint density at radius 2 is 1.71 bits per heavy atom. The van der Waals surface area contributed by atoms with E-state index in [0.717, 1.165) is 38.9 Å². The van der Waals surface area contributed by atoms with Gasteiger partial charge in [-0.15, -0.1) is 0 Å². The second-order valence-electron chi connectivity index (χ2n) is 11.9. The van der Waals surface area contributed by atoms with Gasteiger partial charge in [-0.05, 0) is 95.1 Å². The van der Waals surface area contributed by atoms with Crippen molar-refractivity contribution in [1.29, 1.82) is 0 Å². The molecule has 0 spiro atoms. The van der Waals surface area contributed by atoms with Gasteiger partial charge in [-0.2, -0.15) is 0 Å². The summed E-state index contributed by atoms with van der Waals surface area (Å²) >= 11 is 0. The minimum atomic E-state index is -3.31. The number of amides is 2. The van der Waals surface area contributed by atoms with Crippen LogP contribution in [-0.2, 0) is 9.84 Å². The molecule has 188 valence electrons. The van der Waals surface area contributed by atoms with E-state index in [1.165, 1.54) is 0 Å². The lowest BCUT2D eigenvalue weighted by Gasteiger charge is -2.38. The Bertz CT molecular complexity index is 1040. The Kier molecular flexibility index (Phi) is 7.74. The summed E-state index contributed by atoms with van der Waals surface area (Å²) < 4.78 is 25.2. The van der Waals surface area contributed by atoms with Crippen LogP contribution in [0.2, 0.25) is 0 Å². The number of carbonyl (C=O) groups excluding carboxylic acids is 1. The van der Waals surface area contributed by atoms with Crippen LogP contribution in [-0.4, -0.2) is 55.8 Å². The van der Waals surface area contributed by atoms with Crippen molar-refractivity contribution >= 4 is 15.9 Å². The molecule has 2 bridgehead atoms. The maximum absolute atomic E-state index is 12.8. The van der Waals surface area contributed by atoms with Crippen LogP contribution in [0.3, 0.4) is 0 Å². The lowest BCUT2D eigenvalue weighted by Crippen LogP contribution is -2.57. The zero-order valence-electron chi connectivity index (χ0n) is 21.6. The zero-order valence-corrected chi connectivity index (χ0v) is 22.4. The summed E-state index contributed by atoms with van der Waals surface area (Å²) in [6.45, 7) is 15.3. The summed E-state index contributed by atoms with van der Waals surface area (Å²) in [5.41, 5.74) is -0.252. The van der Waals surface area contributed by atoms with Crippen LogP contribution >= 0.6 is 0 Å². The highest BCUT2D eigenvalue weighted by Crippen LogP contribution is 2.35. The number of piperidine rings is 1. The highest BCUT2D eigenvalue weighted by Gasteiger charge is 2.41. The van der Waals surface area contributed by atoms with E-state index in [2.05, 4.69) is 34.3 Å². The van der Waals surface area contributed by atoms with Gasteiger partial charge in [-0.3, -0.25) is 0 Å². The number of hydrogen-bond donors (Lipinski definition) is 2. The maximum Gasteiger partial charge on any atom is 0.316 e. The van der Waals surface area contributed by atoms with Crippen LogP contribution in [0.25, 0.3) is 0 Å². The molecular formula is C27H41N3O3S. The summed E-state index contributed by atoms with van der Waals surface area (Å²) in [5.74, 6) is 6.84. The number of nitrogens with one attached hydrogen (secondary N) is 2. The number of hydrogen-bond acceptors (Lipinski definition) is 4. The van der Waals surface area contributed by atoms with Gasteiger partial charge in [-0.1, -0.05) is 32.6 Å². The van der Waals surface area contributed by atoms with E-state index in [0.29, 0.717) is 22.8 Å². The molecule has 1 atom stereocenters. The number of sulfone groups is 1. The minimum absolute atomic E-state index is 0.0333. The van der Waals surface area contributed by atoms with Gasteiger partial charge in [0.1, 0.15) is 0 Å². The smallest absolute Gasteiger partial charge is 0.316 e. The van der Waals surface area contributed by atoms with Gasteiger partial charge < -0.3 is 15.5 Å². The van der Waals surface area contributed by atoms with Crippen molar-refractivity contribution in [3.63, 3.8) is 0 Å². The predicted molar refractivity (Wildman–Crippen MR) is 137 cm³/mol. The van der Waals surface area contributed by atoms with Crippen LogP contribution in [0.1, 0.15) is 72.8 Å². The van der Waals surface area contributed by atoms with Crippen molar-refractivity contribution in [3.8, 4) is 11.8 Å². The fourth-order valence-electron chi connectivity index (χ4n) is 4.69. The van der Waals surface area contributed by atoms with Crippen molar-refractivity contribution < 1.29 is 13.2 Å². The number of carbonyl (C=O) groups is 1. The molecule has 7 heteroatoms. The van der Waals surface area contributed by atoms with Crippen molar-refractivity contribution in [1.82, 2.24) is 15.5 Å². The third-order valence-corrected chi connectivity index (χ3v) is 8.85. The molecule has 1 unspecified atom stereocenters. The number of nitrogens with zero attached hydrogens (tertiary/aromatic N) is 1. The average molecular weight is 488 g/mol. The molecule has 2 N–H and O–H groups in total. The van der Waals surface area contributed by atoms with Gasteiger partial charge in [0.2, 0.25) is 0 Å². The third kappa shape index (κ3) is 7.23. The van der Waals surface area contributed by atoms with Gasteiger partial charge in [0.25, 0.3) is 0 Å². The van der Waals surface area contributed by atoms with Gasteiger partial charge in [0, 0.05) is 17.6 Å². The van der Waals surface area contributed by atoms with Crippen molar-refractivity contribution in [2.24, 2.45) is 11.3 Å². The van der Waals surface area contributed by atoms with Gasteiger partial charge in [0.15, 0.2) is 9.84 Å². The largest absolute Gasteiger partial charge is 0.333 e. The topological polar surface area (TPSA) is 78.5 Å². The molecule has 0 aliphatic carbocycles. The Morgan fingerprint density at radius 1 is 1.09 bits per heavy atom. The van der Waals surface area contributed by atoms with E-state index in [1.54, 1.807) is 24.3 Å². The molecule has 2 amide bonds. The van der Waals surface area contributed by atoms with Crippen LogP contribution in [0.4, 0.5) is 4.79 Å². The SMILES string of the molecule is CC(C)(C)CCS(=O)(=O)c1ccc(C#CC(C)(C)NC(=O)NC2(C)CCN3CCC2CC3)cc1. The van der Waals surface area contributed by atoms with Crippen molar-refractivity contribution in [2.75, 3.05) is 25.4 Å². The van der Waals surface area contributed by atoms with E-state index in [-0.39, 0.29) is 22.7 Å². The van der Waals surface area contributed by atoms with Gasteiger partial charge in [-0.25, -0.2) is 13.2 Å². The molecule has 3 fully saturated rings. The molecule has 1 aromatic carbocycles. The first-order valence-corrected chi connectivity index (χ1v) is 14.0. The third-order valence-electron chi connectivity index (χ3n) is 7.11. The van der Waals surface area contributed by atoms with E-state index in [4.69, 9.17) is 0 Å². The molecule has 3 aliphatic heterocycles. The van der Waals surface area contributed by atoms with Crippen molar-refractivity contribution in [2.45, 2.75) is 83.2 Å². The molecule has 1 aromatic rings. The monoisotopic (exact) mass is 487 g/mol. The van der Waals surface area contributed by atoms with E-state index in [1.807, 2.05) is 34.6 Å². The quantitative estimate of drug-likeness (QED) is 0.610. The fourth-order valence-corrected chi connectivity index (χ4v) is 6.36. The molecule has 0 aromatic heterocycles. The molecule has 3 aliphatic rings. The second kappa shape index (κ2) is 9.91. The lowest BCUT2D eigenvalue weighted by atomic mass is 9.79. The molecule has 0 radical (unpaired) electrons. The molecule has 3 heterocycles. The molecule has 4 rings (SSSR count). The predicted octanol–water partition coefficient (Wildman–Crippen LogP) is 4.20. The Balaban J connectivity index is 1.60. The maximum atomic E-state index is 12.8. The average Bonchev–Trinajstić information content (AvgIpc) is 2.99. The summed E-state index contributed by atoms with van der Waals surface area (Å²) in [6.07, 6.45) is 3.82. The molecular weight excluding hydrogens is 446 g/mol. The first kappa shape index (κ1) is 26.6. The second-order valence-corrected chi connectivity index (χ2v) is 14.0. The van der Waals surface area contributed by atoms with Crippen molar-refractivity contribution in [3.05, 3.63) is 29.8 Å². The highest BCUT2D eigenvalue weighted by molar-refractivity contribution is 7.91. The van der Waals surface area contributed by atoms with E-state index < -0.39 is 15.4 Å². The number of benzene rings is 1. The number of fused-ring (bicyclic) bond motifs is 4. The summed E-state index contributed by atoms with van der Waals surface area (Å²) in [7, 11) is -3.31. The van der Waals surface area contributed by atoms with Crippen LogP contribution in [0.15, 0.2) is 29.2 Å². The fraction of sp³-hybridized carbons (Fsp3) is 0.667.